The molecule has 0 aliphatic rings. The summed E-state index contributed by atoms with van der Waals surface area (Å²) in [4.78, 5) is 14.3. The van der Waals surface area contributed by atoms with Crippen molar-refractivity contribution in [3.63, 3.8) is 0 Å². The fraction of sp³-hybridized carbons (Fsp3) is 0.556. The van der Waals surface area contributed by atoms with Crippen LogP contribution in [0.15, 0.2) is 16.0 Å². The fourth-order valence-corrected chi connectivity index (χ4v) is 2.10. The van der Waals surface area contributed by atoms with E-state index in [1.54, 1.807) is 0 Å². The second-order valence-electron chi connectivity index (χ2n) is 3.44. The average Bonchev–Trinajstić information content (AvgIpc) is 2.23. The van der Waals surface area contributed by atoms with E-state index in [-0.39, 0.29) is 13.0 Å². The Labute approximate surface area is 111 Å². The third-order valence-corrected chi connectivity index (χ3v) is 3.63. The quantitative estimate of drug-likeness (QED) is 0.289. The summed E-state index contributed by atoms with van der Waals surface area (Å²) in [6, 6.07) is 0. The molecular weight excluding hydrogens is 298 g/mol. The lowest BCUT2D eigenvalue weighted by Crippen LogP contribution is -2.13. The summed E-state index contributed by atoms with van der Waals surface area (Å²) in [5, 5.41) is 0. The molecule has 0 heterocycles. The zero-order chi connectivity index (χ0) is 15.1. The molecule has 0 rings (SSSR count). The maximum absolute atomic E-state index is 11.3. The summed E-state index contributed by atoms with van der Waals surface area (Å²) in [5.74, 6) is -1.50. The molecule has 8 nitrogen and oxygen atoms in total. The van der Waals surface area contributed by atoms with Crippen LogP contribution in [0, 0.1) is 0 Å². The van der Waals surface area contributed by atoms with E-state index in [0.29, 0.717) is 0 Å². The number of sulfone groups is 1. The first-order valence-electron chi connectivity index (χ1n) is 5.00. The molecule has 0 amide bonds. The lowest BCUT2D eigenvalue weighted by Gasteiger charge is -2.01. The molecule has 10 heteroatoms. The number of carbonyl (C=O) groups excluding carboxylic acids is 1. The average molecular weight is 313 g/mol. The van der Waals surface area contributed by atoms with Gasteiger partial charge in [0.25, 0.3) is 10.1 Å². The topological polar surface area (TPSA) is 127 Å². The van der Waals surface area contributed by atoms with E-state index < -0.39 is 36.6 Å². The predicted molar refractivity (Wildman–Crippen MR) is 69.3 cm³/mol. The van der Waals surface area contributed by atoms with Crippen LogP contribution in [0.4, 0.5) is 0 Å². The van der Waals surface area contributed by atoms with E-state index in [9.17, 15) is 21.6 Å². The molecule has 0 spiro atoms. The molecule has 19 heavy (non-hydrogen) atoms. The van der Waals surface area contributed by atoms with E-state index in [1.165, 1.54) is 6.21 Å². The van der Waals surface area contributed by atoms with Gasteiger partial charge in [-0.1, -0.05) is 6.08 Å². The number of rotatable bonds is 7. The molecule has 0 radical (unpaired) electrons. The molecule has 0 aromatic heterocycles. The van der Waals surface area contributed by atoms with Crippen molar-refractivity contribution < 1.29 is 30.9 Å². The molecule has 0 aliphatic heterocycles. The van der Waals surface area contributed by atoms with Crippen molar-refractivity contribution in [1.29, 1.82) is 0 Å². The van der Waals surface area contributed by atoms with Crippen LogP contribution in [0.5, 0.6) is 0 Å². The van der Waals surface area contributed by atoms with Crippen molar-refractivity contribution in [3.8, 4) is 0 Å². The maximum Gasteiger partial charge on any atom is 0.349 e. The second-order valence-corrected chi connectivity index (χ2v) is 7.00. The van der Waals surface area contributed by atoms with Crippen molar-refractivity contribution >= 4 is 32.1 Å². The first-order valence-corrected chi connectivity index (χ1v) is 8.50. The highest BCUT2D eigenvalue weighted by molar-refractivity contribution is 7.95. The van der Waals surface area contributed by atoms with Crippen molar-refractivity contribution in [1.82, 2.24) is 0 Å². The smallest absolute Gasteiger partial charge is 0.349 e. The van der Waals surface area contributed by atoms with Crippen LogP contribution in [0.3, 0.4) is 0 Å². The molecule has 0 saturated heterocycles. The standard InChI is InChI=1S/C9H15NO7S2/c1-17-9(11)8(18(2,12)13)4-3-5-10-6-7-19(14,15)16/h4-5H,3,6-7H2,1-2H3,(H,14,15,16)/b8-4-,10-5?. The molecule has 0 saturated carbocycles. The van der Waals surface area contributed by atoms with Gasteiger partial charge in [0.05, 0.1) is 19.4 Å². The van der Waals surface area contributed by atoms with Gasteiger partial charge in [0.2, 0.25) is 0 Å². The Morgan fingerprint density at radius 3 is 2.32 bits per heavy atom. The monoisotopic (exact) mass is 313 g/mol. The van der Waals surface area contributed by atoms with Crippen molar-refractivity contribution in [3.05, 3.63) is 11.0 Å². The van der Waals surface area contributed by atoms with Crippen LogP contribution in [0.25, 0.3) is 0 Å². The van der Waals surface area contributed by atoms with Crippen LogP contribution in [-0.4, -0.2) is 59.2 Å². The van der Waals surface area contributed by atoms with Gasteiger partial charge in [-0.3, -0.25) is 9.55 Å². The molecule has 0 aromatic carbocycles. The molecule has 0 aliphatic carbocycles. The number of esters is 1. The second kappa shape index (κ2) is 7.36. The molecule has 0 fully saturated rings. The summed E-state index contributed by atoms with van der Waals surface area (Å²) >= 11 is 0. The zero-order valence-corrected chi connectivity index (χ0v) is 12.1. The highest BCUT2D eigenvalue weighted by atomic mass is 32.2. The van der Waals surface area contributed by atoms with E-state index in [2.05, 4.69) is 9.73 Å². The highest BCUT2D eigenvalue weighted by Gasteiger charge is 2.20. The Morgan fingerprint density at radius 2 is 1.89 bits per heavy atom. The Hall–Kier alpha value is -1.26. The van der Waals surface area contributed by atoms with Gasteiger partial charge in [0.1, 0.15) is 4.91 Å². The number of nitrogens with zero attached hydrogens (tertiary/aromatic N) is 1. The maximum atomic E-state index is 11.3. The minimum Gasteiger partial charge on any atom is -0.465 e. The number of methoxy groups -OCH3 is 1. The van der Waals surface area contributed by atoms with Gasteiger partial charge in [-0.2, -0.15) is 8.42 Å². The summed E-state index contributed by atoms with van der Waals surface area (Å²) in [7, 11) is -6.71. The van der Waals surface area contributed by atoms with E-state index in [0.717, 1.165) is 19.4 Å². The first-order chi connectivity index (χ1) is 8.58. The summed E-state index contributed by atoms with van der Waals surface area (Å²) in [6.45, 7) is -0.154. The van der Waals surface area contributed by atoms with E-state index >= 15 is 0 Å². The Bertz CT molecular complexity index is 572. The zero-order valence-electron chi connectivity index (χ0n) is 10.4. The van der Waals surface area contributed by atoms with Gasteiger partial charge in [0, 0.05) is 18.9 Å². The number of allylic oxidation sites excluding steroid dienone is 1. The summed E-state index contributed by atoms with van der Waals surface area (Å²) in [5.41, 5.74) is 0. The molecular formula is C9H15NO7S2. The van der Waals surface area contributed by atoms with Crippen molar-refractivity contribution in [2.75, 3.05) is 25.7 Å². The SMILES string of the molecule is COC(=O)/C(=C/CC=NCCS(=O)(=O)O)S(C)(=O)=O. The number of ether oxygens (including phenoxy) is 1. The van der Waals surface area contributed by atoms with Gasteiger partial charge in [0.15, 0.2) is 9.84 Å². The Morgan fingerprint density at radius 1 is 1.32 bits per heavy atom. The lowest BCUT2D eigenvalue weighted by molar-refractivity contribution is -0.135. The van der Waals surface area contributed by atoms with Crippen molar-refractivity contribution in [2.24, 2.45) is 4.99 Å². The van der Waals surface area contributed by atoms with Gasteiger partial charge >= 0.3 is 5.97 Å². The van der Waals surface area contributed by atoms with Gasteiger partial charge in [-0.05, 0) is 0 Å². The molecule has 0 unspecified atom stereocenters. The van der Waals surface area contributed by atoms with E-state index in [1.807, 2.05) is 0 Å². The van der Waals surface area contributed by atoms with E-state index in [4.69, 9.17) is 4.55 Å². The largest absolute Gasteiger partial charge is 0.465 e. The number of aliphatic imine (C=N–C) groups is 1. The first kappa shape index (κ1) is 17.7. The van der Waals surface area contributed by atoms with Crippen LogP contribution < -0.4 is 0 Å². The van der Waals surface area contributed by atoms with Gasteiger partial charge < -0.3 is 4.74 Å². The molecule has 110 valence electrons. The highest BCUT2D eigenvalue weighted by Crippen LogP contribution is 2.07. The normalized spacial score (nSPS) is 13.7. The minimum absolute atomic E-state index is 0.0168. The Balaban J connectivity index is 4.59. The number of hydrogen-bond acceptors (Lipinski definition) is 7. The van der Waals surface area contributed by atoms with Crippen LogP contribution in [0.2, 0.25) is 0 Å². The lowest BCUT2D eigenvalue weighted by atomic mass is 10.4. The number of hydrogen-bond donors (Lipinski definition) is 1. The molecule has 0 atom stereocenters. The Kier molecular flexibility index (Phi) is 6.87. The van der Waals surface area contributed by atoms with Crippen LogP contribution in [0.1, 0.15) is 6.42 Å². The molecule has 1 N–H and O–H groups in total. The third kappa shape index (κ3) is 8.46. The summed E-state index contributed by atoms with van der Waals surface area (Å²) in [6.07, 6.45) is 3.23. The van der Waals surface area contributed by atoms with Gasteiger partial charge in [-0.25, -0.2) is 13.2 Å². The number of carbonyl (C=O) groups is 1. The van der Waals surface area contributed by atoms with Gasteiger partial charge in [-0.15, -0.1) is 0 Å². The van der Waals surface area contributed by atoms with Crippen LogP contribution in [-0.2, 0) is 29.5 Å². The minimum atomic E-state index is -4.07. The summed E-state index contributed by atoms with van der Waals surface area (Å²) < 4.78 is 56.0. The molecule has 0 bridgehead atoms. The fourth-order valence-electron chi connectivity index (χ4n) is 0.980. The predicted octanol–water partition coefficient (Wildman–Crippen LogP) is -0.563. The third-order valence-electron chi connectivity index (χ3n) is 1.80. The van der Waals surface area contributed by atoms with Crippen molar-refractivity contribution in [2.45, 2.75) is 6.42 Å². The molecule has 0 aromatic rings. The van der Waals surface area contributed by atoms with Crippen LogP contribution >= 0.6 is 0 Å².